The number of aliphatic hydroxyl groups is 1. The van der Waals surface area contributed by atoms with Gasteiger partial charge in [0.2, 0.25) is 0 Å². The predicted octanol–water partition coefficient (Wildman–Crippen LogP) is 1.45. The molecule has 2 fully saturated rings. The highest BCUT2D eigenvalue weighted by Gasteiger charge is 2.24. The van der Waals surface area contributed by atoms with Crippen LogP contribution in [0.1, 0.15) is 43.0 Å². The molecule has 3 rings (SSSR count). The van der Waals surface area contributed by atoms with Crippen LogP contribution in [0.5, 0.6) is 0 Å². The van der Waals surface area contributed by atoms with Crippen molar-refractivity contribution in [1.29, 1.82) is 0 Å². The quantitative estimate of drug-likeness (QED) is 0.795. The average molecular weight is 323 g/mol. The maximum atomic E-state index is 10.2. The summed E-state index contributed by atoms with van der Waals surface area (Å²) in [5.41, 5.74) is 2.26. The molecule has 130 valence electrons. The van der Waals surface area contributed by atoms with Crippen molar-refractivity contribution in [2.24, 2.45) is 0 Å². The summed E-state index contributed by atoms with van der Waals surface area (Å²) in [5.74, 6) is 0.466. The van der Waals surface area contributed by atoms with Crippen molar-refractivity contribution >= 4 is 0 Å². The molecule has 3 heterocycles. The molecule has 23 heavy (non-hydrogen) atoms. The van der Waals surface area contributed by atoms with Crippen LogP contribution in [-0.4, -0.2) is 71.9 Å². The first-order valence-corrected chi connectivity index (χ1v) is 8.82. The Balaban J connectivity index is 1.38. The average Bonchev–Trinajstić information content (AvgIpc) is 3.19. The van der Waals surface area contributed by atoms with E-state index in [-0.39, 0.29) is 6.10 Å². The first-order chi connectivity index (χ1) is 11.2. The predicted molar refractivity (Wildman–Crippen MR) is 87.5 cm³/mol. The number of rotatable bonds is 7. The van der Waals surface area contributed by atoms with Crippen LogP contribution in [0.2, 0.25) is 0 Å². The van der Waals surface area contributed by atoms with Crippen molar-refractivity contribution in [2.45, 2.75) is 50.7 Å². The normalized spacial score (nSPS) is 27.4. The topological polar surface area (TPSA) is 70.6 Å². The van der Waals surface area contributed by atoms with Gasteiger partial charge >= 0.3 is 0 Å². The fraction of sp³-hybridized carbons (Fsp3) is 0.824. The third-order valence-electron chi connectivity index (χ3n) is 4.76. The molecular formula is C17H29N3O3. The standard InChI is InChI=1S/C17H29N3O3/c1-13-8-17(19-18-13)14-4-2-6-20(9-14)10-15(21)11-22-12-16-5-3-7-23-16/h8,14-16,21H,2-7,9-12H2,1H3,(H,18,19)/t14-,15-,16+/m1/s1. The van der Waals surface area contributed by atoms with Gasteiger partial charge in [0.1, 0.15) is 0 Å². The number of aromatic amines is 1. The Labute approximate surface area is 138 Å². The number of nitrogens with one attached hydrogen (secondary N) is 1. The van der Waals surface area contributed by atoms with Gasteiger partial charge in [-0.1, -0.05) is 0 Å². The Hall–Kier alpha value is -0.950. The highest BCUT2D eigenvalue weighted by atomic mass is 16.5. The smallest absolute Gasteiger partial charge is 0.0900 e. The van der Waals surface area contributed by atoms with E-state index >= 15 is 0 Å². The molecule has 6 heteroatoms. The van der Waals surface area contributed by atoms with E-state index in [9.17, 15) is 5.11 Å². The summed E-state index contributed by atoms with van der Waals surface area (Å²) < 4.78 is 11.1. The second-order valence-electron chi connectivity index (χ2n) is 6.90. The number of aliphatic hydroxyl groups excluding tert-OH is 1. The van der Waals surface area contributed by atoms with Gasteiger partial charge in [0, 0.05) is 31.3 Å². The van der Waals surface area contributed by atoms with E-state index in [0.717, 1.165) is 50.3 Å². The van der Waals surface area contributed by atoms with Gasteiger partial charge in [-0.15, -0.1) is 0 Å². The van der Waals surface area contributed by atoms with Crippen molar-refractivity contribution in [1.82, 2.24) is 15.1 Å². The Morgan fingerprint density at radius 2 is 2.39 bits per heavy atom. The van der Waals surface area contributed by atoms with Gasteiger partial charge in [-0.25, -0.2) is 0 Å². The molecular weight excluding hydrogens is 294 g/mol. The van der Waals surface area contributed by atoms with Crippen LogP contribution in [-0.2, 0) is 9.47 Å². The lowest BCUT2D eigenvalue weighted by Gasteiger charge is -2.33. The molecule has 0 radical (unpaired) electrons. The molecule has 2 aliphatic rings. The molecule has 0 aromatic carbocycles. The van der Waals surface area contributed by atoms with Crippen molar-refractivity contribution in [2.75, 3.05) is 39.5 Å². The SMILES string of the molecule is Cc1cc([C@@H]2CCCN(C[C@@H](O)COC[C@@H]3CCCO3)C2)n[nH]1. The number of aromatic nitrogens is 2. The molecule has 0 amide bonds. The second-order valence-corrected chi connectivity index (χ2v) is 6.90. The molecule has 0 unspecified atom stereocenters. The minimum absolute atomic E-state index is 0.226. The van der Waals surface area contributed by atoms with Gasteiger partial charge in [-0.05, 0) is 45.2 Å². The Kier molecular flexibility index (Phi) is 6.05. The molecule has 1 aromatic heterocycles. The highest BCUT2D eigenvalue weighted by Crippen LogP contribution is 2.25. The maximum Gasteiger partial charge on any atom is 0.0900 e. The largest absolute Gasteiger partial charge is 0.389 e. The number of nitrogens with zero attached hydrogens (tertiary/aromatic N) is 2. The second kappa shape index (κ2) is 8.24. The van der Waals surface area contributed by atoms with Crippen LogP contribution >= 0.6 is 0 Å². The highest BCUT2D eigenvalue weighted by molar-refractivity contribution is 5.13. The molecule has 1 aromatic rings. The van der Waals surface area contributed by atoms with Crippen molar-refractivity contribution in [3.05, 3.63) is 17.5 Å². The summed E-state index contributed by atoms with van der Waals surface area (Å²) in [5, 5.41) is 17.6. The first kappa shape index (κ1) is 16.9. The van der Waals surface area contributed by atoms with Crippen LogP contribution in [0, 0.1) is 6.92 Å². The summed E-state index contributed by atoms with van der Waals surface area (Å²) in [6.07, 6.45) is 4.32. The van der Waals surface area contributed by atoms with Crippen LogP contribution in [0.4, 0.5) is 0 Å². The number of piperidine rings is 1. The number of ether oxygens (including phenoxy) is 2. The molecule has 2 saturated heterocycles. The number of β-amino-alcohol motifs (C(OH)–C–C–N with tert-alkyl or cyclic N) is 1. The Bertz CT molecular complexity index is 473. The minimum Gasteiger partial charge on any atom is -0.389 e. The van der Waals surface area contributed by atoms with Gasteiger partial charge in [0.15, 0.2) is 0 Å². The fourth-order valence-electron chi connectivity index (χ4n) is 3.57. The third kappa shape index (κ3) is 5.01. The zero-order valence-corrected chi connectivity index (χ0v) is 14.0. The number of aryl methyl sites for hydroxylation is 1. The summed E-state index contributed by atoms with van der Waals surface area (Å²) in [6.45, 7) is 6.56. The summed E-state index contributed by atoms with van der Waals surface area (Å²) in [6, 6.07) is 2.13. The number of hydrogen-bond acceptors (Lipinski definition) is 5. The minimum atomic E-state index is -0.434. The van der Waals surface area contributed by atoms with Crippen LogP contribution in [0.25, 0.3) is 0 Å². The molecule has 2 N–H and O–H groups in total. The Morgan fingerprint density at radius 3 is 3.13 bits per heavy atom. The zero-order chi connectivity index (χ0) is 16.1. The summed E-state index contributed by atoms with van der Waals surface area (Å²) in [7, 11) is 0. The van der Waals surface area contributed by atoms with Gasteiger partial charge in [-0.2, -0.15) is 5.10 Å². The number of H-pyrrole nitrogens is 1. The maximum absolute atomic E-state index is 10.2. The van der Waals surface area contributed by atoms with E-state index in [2.05, 4.69) is 21.2 Å². The van der Waals surface area contributed by atoms with Gasteiger partial charge in [0.05, 0.1) is 31.1 Å². The lowest BCUT2D eigenvalue weighted by molar-refractivity contribution is -0.0269. The van der Waals surface area contributed by atoms with Gasteiger partial charge < -0.3 is 19.5 Å². The van der Waals surface area contributed by atoms with Crippen LogP contribution < -0.4 is 0 Å². The molecule has 0 bridgehead atoms. The van der Waals surface area contributed by atoms with Crippen molar-refractivity contribution in [3.8, 4) is 0 Å². The van der Waals surface area contributed by atoms with E-state index in [1.165, 1.54) is 6.42 Å². The van der Waals surface area contributed by atoms with Crippen LogP contribution in [0.3, 0.4) is 0 Å². The van der Waals surface area contributed by atoms with E-state index in [4.69, 9.17) is 9.47 Å². The molecule has 6 nitrogen and oxygen atoms in total. The van der Waals surface area contributed by atoms with E-state index in [1.807, 2.05) is 6.92 Å². The van der Waals surface area contributed by atoms with E-state index < -0.39 is 6.10 Å². The molecule has 2 aliphatic heterocycles. The van der Waals surface area contributed by atoms with Crippen LogP contribution in [0.15, 0.2) is 6.07 Å². The Morgan fingerprint density at radius 1 is 1.48 bits per heavy atom. The van der Waals surface area contributed by atoms with Gasteiger partial charge in [0.25, 0.3) is 0 Å². The summed E-state index contributed by atoms with van der Waals surface area (Å²) >= 11 is 0. The lowest BCUT2D eigenvalue weighted by Crippen LogP contribution is -2.41. The molecule has 0 aliphatic carbocycles. The molecule has 3 atom stereocenters. The van der Waals surface area contributed by atoms with Crippen molar-refractivity contribution < 1.29 is 14.6 Å². The molecule has 0 spiro atoms. The third-order valence-corrected chi connectivity index (χ3v) is 4.76. The number of hydrogen-bond donors (Lipinski definition) is 2. The zero-order valence-electron chi connectivity index (χ0n) is 14.0. The van der Waals surface area contributed by atoms with E-state index in [1.54, 1.807) is 0 Å². The molecule has 0 saturated carbocycles. The monoisotopic (exact) mass is 323 g/mol. The van der Waals surface area contributed by atoms with Gasteiger partial charge in [-0.3, -0.25) is 5.10 Å². The number of likely N-dealkylation sites (tertiary alicyclic amines) is 1. The first-order valence-electron chi connectivity index (χ1n) is 8.82. The fourth-order valence-corrected chi connectivity index (χ4v) is 3.57. The van der Waals surface area contributed by atoms with E-state index in [0.29, 0.717) is 25.7 Å². The summed E-state index contributed by atoms with van der Waals surface area (Å²) in [4.78, 5) is 2.33. The lowest BCUT2D eigenvalue weighted by atomic mass is 9.94. The van der Waals surface area contributed by atoms with Crippen molar-refractivity contribution in [3.63, 3.8) is 0 Å².